The fourth-order valence-electron chi connectivity index (χ4n) is 1.97. The Labute approximate surface area is 101 Å². The zero-order valence-electron chi connectivity index (χ0n) is 10.6. The van der Waals surface area contributed by atoms with Gasteiger partial charge in [-0.05, 0) is 56.5 Å². The van der Waals surface area contributed by atoms with Crippen LogP contribution in [-0.2, 0) is 0 Å². The Morgan fingerprint density at radius 3 is 2.18 bits per heavy atom. The van der Waals surface area contributed by atoms with E-state index in [1.165, 1.54) is 5.56 Å². The molecule has 0 unspecified atom stereocenters. The predicted octanol–water partition coefficient (Wildman–Crippen LogP) is 3.74. The Bertz CT molecular complexity index is 577. The van der Waals surface area contributed by atoms with E-state index in [0.717, 1.165) is 16.7 Å². The van der Waals surface area contributed by atoms with Crippen LogP contribution in [0.5, 0.6) is 0 Å². The number of ketones is 1. The second kappa shape index (κ2) is 4.21. The van der Waals surface area contributed by atoms with Crippen molar-refractivity contribution in [2.75, 3.05) is 0 Å². The van der Waals surface area contributed by atoms with Crippen LogP contribution in [0.15, 0.2) is 28.9 Å². The minimum atomic E-state index is 0.0388. The smallest absolute Gasteiger partial charge is 0.196 e. The van der Waals surface area contributed by atoms with Crippen LogP contribution in [0.1, 0.15) is 38.4 Å². The molecule has 0 aliphatic carbocycles. The summed E-state index contributed by atoms with van der Waals surface area (Å²) < 4.78 is 5.18. The lowest BCUT2D eigenvalue weighted by atomic mass is 9.95. The number of benzene rings is 1. The Morgan fingerprint density at radius 2 is 1.59 bits per heavy atom. The van der Waals surface area contributed by atoms with E-state index in [0.29, 0.717) is 11.3 Å². The molecule has 0 aliphatic rings. The van der Waals surface area contributed by atoms with Gasteiger partial charge in [-0.2, -0.15) is 0 Å². The van der Waals surface area contributed by atoms with E-state index in [2.05, 4.69) is 13.0 Å². The molecular formula is C15H16O2. The van der Waals surface area contributed by atoms with Crippen LogP contribution in [-0.4, -0.2) is 5.78 Å². The van der Waals surface area contributed by atoms with Crippen LogP contribution in [0.3, 0.4) is 0 Å². The van der Waals surface area contributed by atoms with Gasteiger partial charge in [0.2, 0.25) is 0 Å². The van der Waals surface area contributed by atoms with Gasteiger partial charge in [0.25, 0.3) is 0 Å². The van der Waals surface area contributed by atoms with Gasteiger partial charge in [0.05, 0.1) is 11.8 Å². The van der Waals surface area contributed by atoms with E-state index in [4.69, 9.17) is 4.42 Å². The van der Waals surface area contributed by atoms with E-state index in [1.807, 2.05) is 26.8 Å². The molecule has 88 valence electrons. The molecule has 17 heavy (non-hydrogen) atoms. The van der Waals surface area contributed by atoms with Crippen LogP contribution in [0.4, 0.5) is 0 Å². The lowest BCUT2D eigenvalue weighted by Crippen LogP contribution is -2.05. The minimum Gasteiger partial charge on any atom is -0.469 e. The molecule has 2 rings (SSSR count). The van der Waals surface area contributed by atoms with Crippen molar-refractivity contribution in [1.82, 2.24) is 0 Å². The summed E-state index contributed by atoms with van der Waals surface area (Å²) >= 11 is 0. The van der Waals surface area contributed by atoms with Crippen LogP contribution >= 0.6 is 0 Å². The highest BCUT2D eigenvalue weighted by atomic mass is 16.3. The molecule has 0 aliphatic heterocycles. The number of rotatable bonds is 2. The summed E-state index contributed by atoms with van der Waals surface area (Å²) in [6.07, 6.45) is 1.55. The maximum absolute atomic E-state index is 12.4. The van der Waals surface area contributed by atoms with E-state index in [1.54, 1.807) is 12.3 Å². The number of carbonyl (C=O) groups excluding carboxylic acids is 1. The second-order valence-electron chi connectivity index (χ2n) is 4.47. The first-order chi connectivity index (χ1) is 8.00. The number of hydrogen-bond acceptors (Lipinski definition) is 2. The molecule has 0 N–H and O–H groups in total. The topological polar surface area (TPSA) is 30.2 Å². The lowest BCUT2D eigenvalue weighted by molar-refractivity contribution is 0.103. The normalized spacial score (nSPS) is 10.6. The van der Waals surface area contributed by atoms with E-state index in [-0.39, 0.29) is 5.78 Å². The third kappa shape index (κ3) is 2.03. The average Bonchev–Trinajstić information content (AvgIpc) is 2.69. The minimum absolute atomic E-state index is 0.0388. The molecule has 0 atom stereocenters. The highest BCUT2D eigenvalue weighted by Crippen LogP contribution is 2.20. The van der Waals surface area contributed by atoms with Crippen LogP contribution < -0.4 is 0 Å². The van der Waals surface area contributed by atoms with Gasteiger partial charge in [0, 0.05) is 5.56 Å². The summed E-state index contributed by atoms with van der Waals surface area (Å²) in [5.74, 6) is 0.712. The van der Waals surface area contributed by atoms with Crippen molar-refractivity contribution in [3.63, 3.8) is 0 Å². The average molecular weight is 228 g/mol. The second-order valence-corrected chi connectivity index (χ2v) is 4.47. The first-order valence-corrected chi connectivity index (χ1v) is 5.67. The van der Waals surface area contributed by atoms with Crippen molar-refractivity contribution < 1.29 is 9.21 Å². The molecule has 1 aromatic carbocycles. The Kier molecular flexibility index (Phi) is 2.88. The third-order valence-corrected chi connectivity index (χ3v) is 3.19. The fourth-order valence-corrected chi connectivity index (χ4v) is 1.97. The number of carbonyl (C=O) groups is 1. The molecule has 0 radical (unpaired) electrons. The molecular weight excluding hydrogens is 212 g/mol. The summed E-state index contributed by atoms with van der Waals surface area (Å²) in [4.78, 5) is 12.4. The summed E-state index contributed by atoms with van der Waals surface area (Å²) in [6, 6.07) is 5.74. The zero-order valence-corrected chi connectivity index (χ0v) is 10.6. The van der Waals surface area contributed by atoms with Crippen LogP contribution in [0.2, 0.25) is 0 Å². The SMILES string of the molecule is Cc1cc(C)c(C(=O)c2ccoc2C)cc1C. The molecule has 1 aromatic heterocycles. The van der Waals surface area contributed by atoms with Gasteiger partial charge in [-0.3, -0.25) is 4.79 Å². The van der Waals surface area contributed by atoms with Crippen molar-refractivity contribution in [2.45, 2.75) is 27.7 Å². The highest BCUT2D eigenvalue weighted by Gasteiger charge is 2.16. The number of hydrogen-bond donors (Lipinski definition) is 0. The Balaban J connectivity index is 2.52. The molecule has 0 saturated heterocycles. The highest BCUT2D eigenvalue weighted by molar-refractivity contribution is 6.10. The standard InChI is InChI=1S/C15H16O2/c1-9-7-11(3)14(8-10(9)2)15(16)13-5-6-17-12(13)4/h5-8H,1-4H3. The maximum atomic E-state index is 12.4. The largest absolute Gasteiger partial charge is 0.469 e. The molecule has 0 bridgehead atoms. The summed E-state index contributed by atoms with van der Waals surface area (Å²) in [6.45, 7) is 7.85. The molecule has 2 heteroatoms. The first kappa shape index (κ1) is 11.6. The van der Waals surface area contributed by atoms with Crippen molar-refractivity contribution in [3.05, 3.63) is 58.0 Å². The quantitative estimate of drug-likeness (QED) is 0.733. The van der Waals surface area contributed by atoms with Gasteiger partial charge < -0.3 is 4.42 Å². The molecule has 2 nitrogen and oxygen atoms in total. The van der Waals surface area contributed by atoms with Gasteiger partial charge in [-0.15, -0.1) is 0 Å². The summed E-state index contributed by atoms with van der Waals surface area (Å²) in [7, 11) is 0. The van der Waals surface area contributed by atoms with Gasteiger partial charge in [0.15, 0.2) is 5.78 Å². The number of aryl methyl sites for hydroxylation is 4. The fraction of sp³-hybridized carbons (Fsp3) is 0.267. The Morgan fingerprint density at radius 1 is 0.941 bits per heavy atom. The Hall–Kier alpha value is -1.83. The maximum Gasteiger partial charge on any atom is 0.196 e. The summed E-state index contributed by atoms with van der Waals surface area (Å²) in [5, 5.41) is 0. The molecule has 0 amide bonds. The van der Waals surface area contributed by atoms with Gasteiger partial charge in [-0.1, -0.05) is 6.07 Å². The molecule has 0 saturated carbocycles. The molecule has 0 fully saturated rings. The van der Waals surface area contributed by atoms with Crippen LogP contribution in [0, 0.1) is 27.7 Å². The monoisotopic (exact) mass is 228 g/mol. The molecule has 1 heterocycles. The van der Waals surface area contributed by atoms with Crippen molar-refractivity contribution in [1.29, 1.82) is 0 Å². The van der Waals surface area contributed by atoms with Gasteiger partial charge >= 0.3 is 0 Å². The van der Waals surface area contributed by atoms with Crippen molar-refractivity contribution in [2.24, 2.45) is 0 Å². The van der Waals surface area contributed by atoms with E-state index in [9.17, 15) is 4.79 Å². The lowest BCUT2D eigenvalue weighted by Gasteiger charge is -2.08. The van der Waals surface area contributed by atoms with Gasteiger partial charge in [-0.25, -0.2) is 0 Å². The first-order valence-electron chi connectivity index (χ1n) is 5.67. The van der Waals surface area contributed by atoms with Gasteiger partial charge in [0.1, 0.15) is 5.76 Å². The summed E-state index contributed by atoms with van der Waals surface area (Å²) in [5.41, 5.74) is 4.77. The number of furan rings is 1. The predicted molar refractivity (Wildman–Crippen MR) is 67.5 cm³/mol. The molecule has 2 aromatic rings. The van der Waals surface area contributed by atoms with Crippen LogP contribution in [0.25, 0.3) is 0 Å². The van der Waals surface area contributed by atoms with Crippen molar-refractivity contribution >= 4 is 5.78 Å². The molecule has 0 spiro atoms. The third-order valence-electron chi connectivity index (χ3n) is 3.19. The zero-order chi connectivity index (χ0) is 12.6. The van der Waals surface area contributed by atoms with Crippen molar-refractivity contribution in [3.8, 4) is 0 Å². The van der Waals surface area contributed by atoms with E-state index >= 15 is 0 Å². The van der Waals surface area contributed by atoms with E-state index < -0.39 is 0 Å².